The Labute approximate surface area is 85.1 Å². The molecule has 0 N–H and O–H groups in total. The van der Waals surface area contributed by atoms with Gasteiger partial charge in [0, 0.05) is 13.3 Å². The first-order valence-electron chi connectivity index (χ1n) is 4.69. The smallest absolute Gasteiger partial charge is 0.304 e. The van der Waals surface area contributed by atoms with Gasteiger partial charge in [0.15, 0.2) is 0 Å². The van der Waals surface area contributed by atoms with Gasteiger partial charge in [-0.25, -0.2) is 0 Å². The summed E-state index contributed by atoms with van der Waals surface area (Å²) in [7, 11) is 0. The second kappa shape index (κ2) is 5.52. The molecule has 0 radical (unpaired) electrons. The molecule has 0 aromatic rings. The van der Waals surface area contributed by atoms with Crippen LogP contribution in [0.1, 0.15) is 41.0 Å². The molecule has 0 aromatic carbocycles. The van der Waals surface area contributed by atoms with Crippen LogP contribution in [0.4, 0.5) is 0 Å². The Morgan fingerprint density at radius 1 is 1.50 bits per heavy atom. The van der Waals surface area contributed by atoms with Gasteiger partial charge in [0.2, 0.25) is 5.72 Å². The molecule has 0 aliphatic carbocycles. The first kappa shape index (κ1) is 12.8. The quantitative estimate of drug-likeness (QED) is 0.515. The Bertz CT molecular complexity index is 259. The molecule has 0 aromatic heterocycles. The Hall–Kier alpha value is -1.19. The molecule has 1 atom stereocenters. The van der Waals surface area contributed by atoms with Gasteiger partial charge in [-0.05, 0) is 20.8 Å². The van der Waals surface area contributed by atoms with Gasteiger partial charge in [-0.1, -0.05) is 13.0 Å². The van der Waals surface area contributed by atoms with Crippen molar-refractivity contribution < 1.29 is 9.53 Å². The maximum Gasteiger partial charge on any atom is 0.304 e. The van der Waals surface area contributed by atoms with Crippen LogP contribution in [0, 0.1) is 0 Å². The van der Waals surface area contributed by atoms with E-state index in [1.54, 1.807) is 6.92 Å². The van der Waals surface area contributed by atoms with Gasteiger partial charge >= 0.3 is 5.97 Å². The maximum atomic E-state index is 10.8. The number of carbonyl (C=O) groups excluding carboxylic acids is 1. The summed E-state index contributed by atoms with van der Waals surface area (Å²) in [6.07, 6.45) is 2.44. The van der Waals surface area contributed by atoms with Crippen LogP contribution in [0.2, 0.25) is 0 Å². The van der Waals surface area contributed by atoms with E-state index < -0.39 is 5.72 Å². The van der Waals surface area contributed by atoms with E-state index in [-0.39, 0.29) is 5.97 Å². The normalized spacial score (nSPS) is 16.8. The van der Waals surface area contributed by atoms with Gasteiger partial charge in [0.25, 0.3) is 0 Å². The summed E-state index contributed by atoms with van der Waals surface area (Å²) in [5.41, 5.74) is -0.0346. The standard InChI is InChI=1S/C10H18N2O2/c1-6-8(3)11-12-10(5,7-2)14-9(4)13/h6H,7H2,1-5H3/b8-6+,12-11?. The lowest BCUT2D eigenvalue weighted by Crippen LogP contribution is -2.27. The fourth-order valence-corrected chi connectivity index (χ4v) is 0.715. The molecule has 14 heavy (non-hydrogen) atoms. The van der Waals surface area contributed by atoms with Crippen molar-refractivity contribution in [3.8, 4) is 0 Å². The summed E-state index contributed by atoms with van der Waals surface area (Å²) < 4.78 is 5.06. The van der Waals surface area contributed by atoms with E-state index in [0.717, 1.165) is 5.70 Å². The number of hydrogen-bond acceptors (Lipinski definition) is 4. The van der Waals surface area contributed by atoms with E-state index in [2.05, 4.69) is 10.2 Å². The topological polar surface area (TPSA) is 51.0 Å². The molecule has 0 aliphatic rings. The molecule has 0 saturated heterocycles. The van der Waals surface area contributed by atoms with Crippen LogP contribution in [0.15, 0.2) is 22.0 Å². The highest BCUT2D eigenvalue weighted by atomic mass is 16.6. The highest BCUT2D eigenvalue weighted by molar-refractivity contribution is 5.66. The molecule has 0 bridgehead atoms. The lowest BCUT2D eigenvalue weighted by atomic mass is 10.2. The molecular formula is C10H18N2O2. The molecule has 0 saturated carbocycles. The van der Waals surface area contributed by atoms with Crippen molar-refractivity contribution in [2.75, 3.05) is 0 Å². The molecular weight excluding hydrogens is 180 g/mol. The van der Waals surface area contributed by atoms with E-state index in [1.165, 1.54) is 6.92 Å². The average molecular weight is 198 g/mol. The van der Waals surface area contributed by atoms with Crippen LogP contribution in [-0.2, 0) is 9.53 Å². The number of hydrogen-bond donors (Lipinski definition) is 0. The van der Waals surface area contributed by atoms with E-state index in [4.69, 9.17) is 4.74 Å². The van der Waals surface area contributed by atoms with E-state index in [0.29, 0.717) is 6.42 Å². The predicted octanol–water partition coefficient (Wildman–Crippen LogP) is 3.05. The minimum atomic E-state index is -0.837. The molecule has 0 heterocycles. The number of ether oxygens (including phenoxy) is 1. The monoisotopic (exact) mass is 198 g/mol. The lowest BCUT2D eigenvalue weighted by molar-refractivity contribution is -0.155. The third-order valence-corrected chi connectivity index (χ3v) is 1.86. The Kier molecular flexibility index (Phi) is 5.05. The lowest BCUT2D eigenvalue weighted by Gasteiger charge is -2.21. The van der Waals surface area contributed by atoms with Crippen LogP contribution >= 0.6 is 0 Å². The molecule has 0 spiro atoms. The average Bonchev–Trinajstić information content (AvgIpc) is 2.13. The van der Waals surface area contributed by atoms with Gasteiger partial charge in [0.05, 0.1) is 5.70 Å². The zero-order valence-electron chi connectivity index (χ0n) is 9.50. The molecule has 4 nitrogen and oxygen atoms in total. The Balaban J connectivity index is 4.54. The van der Waals surface area contributed by atoms with Crippen molar-refractivity contribution in [3.63, 3.8) is 0 Å². The van der Waals surface area contributed by atoms with Gasteiger partial charge in [-0.2, -0.15) is 5.11 Å². The highest BCUT2D eigenvalue weighted by Crippen LogP contribution is 2.18. The third-order valence-electron chi connectivity index (χ3n) is 1.86. The van der Waals surface area contributed by atoms with Gasteiger partial charge < -0.3 is 4.74 Å². The van der Waals surface area contributed by atoms with Crippen LogP contribution in [-0.4, -0.2) is 11.7 Å². The van der Waals surface area contributed by atoms with Crippen molar-refractivity contribution in [2.24, 2.45) is 10.2 Å². The number of esters is 1. The van der Waals surface area contributed by atoms with Crippen LogP contribution in [0.25, 0.3) is 0 Å². The van der Waals surface area contributed by atoms with Gasteiger partial charge in [-0.15, -0.1) is 5.11 Å². The molecule has 0 rings (SSSR count). The van der Waals surface area contributed by atoms with Crippen molar-refractivity contribution in [1.29, 1.82) is 0 Å². The first-order chi connectivity index (χ1) is 6.43. The van der Waals surface area contributed by atoms with Crippen molar-refractivity contribution in [3.05, 3.63) is 11.8 Å². The van der Waals surface area contributed by atoms with Crippen LogP contribution in [0.3, 0.4) is 0 Å². The summed E-state index contributed by atoms with van der Waals surface area (Å²) in [6.45, 7) is 8.72. The molecule has 0 aliphatic heterocycles. The van der Waals surface area contributed by atoms with Crippen LogP contribution in [0.5, 0.6) is 0 Å². The largest absolute Gasteiger partial charge is 0.436 e. The summed E-state index contributed by atoms with van der Waals surface area (Å²) in [5, 5.41) is 7.95. The number of rotatable bonds is 4. The fourth-order valence-electron chi connectivity index (χ4n) is 0.715. The zero-order valence-corrected chi connectivity index (χ0v) is 9.50. The summed E-state index contributed by atoms with van der Waals surface area (Å²) in [4.78, 5) is 10.8. The fraction of sp³-hybridized carbons (Fsp3) is 0.700. The second-order valence-electron chi connectivity index (χ2n) is 3.25. The number of azo groups is 1. The zero-order chi connectivity index (χ0) is 11.2. The van der Waals surface area contributed by atoms with E-state index >= 15 is 0 Å². The summed E-state index contributed by atoms with van der Waals surface area (Å²) >= 11 is 0. The SMILES string of the molecule is C/C=C(\C)N=NC(C)(CC)OC(C)=O. The minimum Gasteiger partial charge on any atom is -0.436 e. The molecule has 1 unspecified atom stereocenters. The predicted molar refractivity (Wildman–Crippen MR) is 54.7 cm³/mol. The molecule has 80 valence electrons. The van der Waals surface area contributed by atoms with Crippen molar-refractivity contribution in [1.82, 2.24) is 0 Å². The Morgan fingerprint density at radius 3 is 2.43 bits per heavy atom. The number of nitrogens with zero attached hydrogens (tertiary/aromatic N) is 2. The second-order valence-corrected chi connectivity index (χ2v) is 3.25. The third kappa shape index (κ3) is 4.74. The van der Waals surface area contributed by atoms with Gasteiger partial charge in [-0.3, -0.25) is 4.79 Å². The van der Waals surface area contributed by atoms with Crippen molar-refractivity contribution >= 4 is 5.97 Å². The van der Waals surface area contributed by atoms with Crippen LogP contribution < -0.4 is 0 Å². The minimum absolute atomic E-state index is 0.341. The molecule has 0 amide bonds. The van der Waals surface area contributed by atoms with E-state index in [1.807, 2.05) is 26.8 Å². The van der Waals surface area contributed by atoms with Gasteiger partial charge in [0.1, 0.15) is 0 Å². The highest BCUT2D eigenvalue weighted by Gasteiger charge is 2.24. The van der Waals surface area contributed by atoms with E-state index in [9.17, 15) is 4.79 Å². The number of carbonyl (C=O) groups is 1. The molecule has 0 fully saturated rings. The molecule has 4 heteroatoms. The summed E-state index contributed by atoms with van der Waals surface area (Å²) in [6, 6.07) is 0. The maximum absolute atomic E-state index is 10.8. The number of allylic oxidation sites excluding steroid dienone is 2. The first-order valence-corrected chi connectivity index (χ1v) is 4.69. The summed E-state index contributed by atoms with van der Waals surface area (Å²) in [5.74, 6) is -0.341. The van der Waals surface area contributed by atoms with Crippen molar-refractivity contribution in [2.45, 2.75) is 46.8 Å². The Morgan fingerprint density at radius 2 is 2.07 bits per heavy atom.